The molecule has 2 heterocycles. The van der Waals surface area contributed by atoms with Crippen LogP contribution in [0.1, 0.15) is 28.8 Å². The molecule has 0 aliphatic carbocycles. The summed E-state index contributed by atoms with van der Waals surface area (Å²) < 4.78 is 5.25. The van der Waals surface area contributed by atoms with Gasteiger partial charge in [-0.25, -0.2) is 4.99 Å². The standard InChI is InChI=1S/C23H23N3O3/c1-29-21-10-6-5-9-18(21)20(27)15-19-22(28)25-23(24-19)26-13-11-17(12-14-26)16-7-3-2-4-8-16/h2-11,19H,12-15H2,1H3,(H,24,25,28). The molecule has 0 spiro atoms. The number of nitrogens with zero attached hydrogens (tertiary/aromatic N) is 2. The first-order valence-electron chi connectivity index (χ1n) is 9.70. The highest BCUT2D eigenvalue weighted by Crippen LogP contribution is 2.24. The molecular formula is C23H23N3O3. The zero-order chi connectivity index (χ0) is 20.2. The van der Waals surface area contributed by atoms with Crippen molar-refractivity contribution in [1.29, 1.82) is 0 Å². The first kappa shape index (κ1) is 18.9. The van der Waals surface area contributed by atoms with Crippen LogP contribution >= 0.6 is 0 Å². The monoisotopic (exact) mass is 389 g/mol. The van der Waals surface area contributed by atoms with Crippen LogP contribution in [0.3, 0.4) is 0 Å². The molecule has 1 unspecified atom stereocenters. The molecule has 2 aromatic carbocycles. The van der Waals surface area contributed by atoms with E-state index >= 15 is 0 Å². The molecule has 2 aliphatic heterocycles. The van der Waals surface area contributed by atoms with Gasteiger partial charge in [-0.05, 0) is 29.7 Å². The van der Waals surface area contributed by atoms with E-state index in [0.29, 0.717) is 23.8 Å². The summed E-state index contributed by atoms with van der Waals surface area (Å²) in [6.45, 7) is 1.45. The molecule has 2 aliphatic rings. The first-order chi connectivity index (χ1) is 14.2. The highest BCUT2D eigenvalue weighted by atomic mass is 16.5. The van der Waals surface area contributed by atoms with Crippen molar-refractivity contribution < 1.29 is 14.3 Å². The molecule has 6 nitrogen and oxygen atoms in total. The molecule has 6 heteroatoms. The number of hydrogen-bond acceptors (Lipinski definition) is 5. The van der Waals surface area contributed by atoms with Gasteiger partial charge in [-0.3, -0.25) is 14.9 Å². The Hall–Kier alpha value is -3.41. The molecule has 0 fully saturated rings. The topological polar surface area (TPSA) is 71.0 Å². The number of amides is 1. The van der Waals surface area contributed by atoms with Gasteiger partial charge in [0.2, 0.25) is 5.96 Å². The number of carbonyl (C=O) groups is 2. The van der Waals surface area contributed by atoms with Crippen molar-refractivity contribution in [1.82, 2.24) is 10.2 Å². The van der Waals surface area contributed by atoms with E-state index in [4.69, 9.17) is 4.74 Å². The van der Waals surface area contributed by atoms with Crippen molar-refractivity contribution in [3.63, 3.8) is 0 Å². The Kier molecular flexibility index (Phi) is 5.42. The molecule has 1 amide bonds. The third kappa shape index (κ3) is 4.06. The summed E-state index contributed by atoms with van der Waals surface area (Å²) >= 11 is 0. The highest BCUT2D eigenvalue weighted by molar-refractivity contribution is 6.08. The molecule has 2 aromatic rings. The van der Waals surface area contributed by atoms with E-state index in [9.17, 15) is 9.59 Å². The molecule has 1 atom stereocenters. The van der Waals surface area contributed by atoms with Crippen LogP contribution in [0.2, 0.25) is 0 Å². The molecule has 29 heavy (non-hydrogen) atoms. The normalized spacial score (nSPS) is 18.7. The first-order valence-corrected chi connectivity index (χ1v) is 9.70. The van der Waals surface area contributed by atoms with Gasteiger partial charge in [0.05, 0.1) is 12.7 Å². The predicted molar refractivity (Wildman–Crippen MR) is 112 cm³/mol. The number of para-hydroxylation sites is 1. The third-order valence-corrected chi connectivity index (χ3v) is 5.26. The maximum atomic E-state index is 12.7. The summed E-state index contributed by atoms with van der Waals surface area (Å²) in [7, 11) is 1.53. The van der Waals surface area contributed by atoms with Crippen LogP contribution in [0, 0.1) is 0 Å². The average Bonchev–Trinajstić information content (AvgIpc) is 3.14. The van der Waals surface area contributed by atoms with Crippen molar-refractivity contribution in [2.24, 2.45) is 4.99 Å². The van der Waals surface area contributed by atoms with E-state index in [1.54, 1.807) is 18.2 Å². The number of ether oxygens (including phenoxy) is 1. The fraction of sp³-hybridized carbons (Fsp3) is 0.261. The molecule has 4 rings (SSSR count). The lowest BCUT2D eigenvalue weighted by Crippen LogP contribution is -2.43. The zero-order valence-electron chi connectivity index (χ0n) is 16.3. The van der Waals surface area contributed by atoms with Crippen molar-refractivity contribution in [3.8, 4) is 5.75 Å². The lowest BCUT2D eigenvalue weighted by atomic mass is 10.00. The fourth-order valence-electron chi connectivity index (χ4n) is 3.67. The van der Waals surface area contributed by atoms with Crippen LogP contribution in [0.15, 0.2) is 65.7 Å². The van der Waals surface area contributed by atoms with Gasteiger partial charge in [0, 0.05) is 19.5 Å². The van der Waals surface area contributed by atoms with Crippen molar-refractivity contribution >= 4 is 23.2 Å². The van der Waals surface area contributed by atoms with E-state index in [2.05, 4.69) is 28.5 Å². The van der Waals surface area contributed by atoms with Crippen molar-refractivity contribution in [3.05, 3.63) is 71.8 Å². The predicted octanol–water partition coefficient (Wildman–Crippen LogP) is 2.91. The Morgan fingerprint density at radius 1 is 1.17 bits per heavy atom. The maximum Gasteiger partial charge on any atom is 0.252 e. The summed E-state index contributed by atoms with van der Waals surface area (Å²) in [5.74, 6) is 0.671. The van der Waals surface area contributed by atoms with E-state index < -0.39 is 6.04 Å². The van der Waals surface area contributed by atoms with Crippen LogP contribution in [0.5, 0.6) is 5.75 Å². The van der Waals surface area contributed by atoms with E-state index in [1.165, 1.54) is 18.2 Å². The van der Waals surface area contributed by atoms with Crippen LogP contribution in [0.4, 0.5) is 0 Å². The Morgan fingerprint density at radius 3 is 2.66 bits per heavy atom. The van der Waals surface area contributed by atoms with Gasteiger partial charge in [-0.15, -0.1) is 0 Å². The Balaban J connectivity index is 1.43. The lowest BCUT2D eigenvalue weighted by Gasteiger charge is -2.27. The largest absolute Gasteiger partial charge is 0.496 e. The molecular weight excluding hydrogens is 366 g/mol. The quantitative estimate of drug-likeness (QED) is 0.799. The molecule has 0 saturated carbocycles. The van der Waals surface area contributed by atoms with Crippen LogP contribution in [0.25, 0.3) is 5.57 Å². The number of nitrogens with one attached hydrogen (secondary N) is 1. The van der Waals surface area contributed by atoms with Gasteiger partial charge < -0.3 is 9.64 Å². The minimum Gasteiger partial charge on any atom is -0.496 e. The smallest absolute Gasteiger partial charge is 0.252 e. The average molecular weight is 389 g/mol. The number of rotatable bonds is 5. The van der Waals surface area contributed by atoms with E-state index in [-0.39, 0.29) is 18.1 Å². The lowest BCUT2D eigenvalue weighted by molar-refractivity contribution is -0.120. The molecule has 0 bridgehead atoms. The molecule has 0 radical (unpaired) electrons. The molecule has 0 aromatic heterocycles. The SMILES string of the molecule is COc1ccccc1C(=O)CC1N=C(N2CC=C(c3ccccc3)CC2)NC1=O. The minimum absolute atomic E-state index is 0.0225. The second-order valence-electron chi connectivity index (χ2n) is 7.08. The van der Waals surface area contributed by atoms with Gasteiger partial charge in [0.1, 0.15) is 11.8 Å². The van der Waals surface area contributed by atoms with Gasteiger partial charge in [0.15, 0.2) is 5.78 Å². The summed E-state index contributed by atoms with van der Waals surface area (Å²) in [4.78, 5) is 31.6. The van der Waals surface area contributed by atoms with Crippen LogP contribution < -0.4 is 10.1 Å². The Morgan fingerprint density at radius 2 is 1.93 bits per heavy atom. The maximum absolute atomic E-state index is 12.7. The van der Waals surface area contributed by atoms with Crippen LogP contribution in [-0.2, 0) is 4.79 Å². The summed E-state index contributed by atoms with van der Waals surface area (Å²) in [5, 5.41) is 2.84. The summed E-state index contributed by atoms with van der Waals surface area (Å²) in [6, 6.07) is 16.6. The number of Topliss-reactive ketones (excluding diaryl/α,β-unsaturated/α-hetero) is 1. The molecule has 1 N–H and O–H groups in total. The van der Waals surface area contributed by atoms with Gasteiger partial charge in [-0.2, -0.15) is 0 Å². The molecule has 0 saturated heterocycles. The highest BCUT2D eigenvalue weighted by Gasteiger charge is 2.32. The molecule has 148 valence electrons. The van der Waals surface area contributed by atoms with E-state index in [1.807, 2.05) is 29.2 Å². The number of guanidine groups is 1. The number of aliphatic imine (C=N–C) groups is 1. The number of ketones is 1. The second-order valence-corrected chi connectivity index (χ2v) is 7.08. The zero-order valence-corrected chi connectivity index (χ0v) is 16.3. The third-order valence-electron chi connectivity index (χ3n) is 5.26. The van der Waals surface area contributed by atoms with Crippen LogP contribution in [-0.4, -0.2) is 48.8 Å². The van der Waals surface area contributed by atoms with Crippen molar-refractivity contribution in [2.45, 2.75) is 18.9 Å². The van der Waals surface area contributed by atoms with E-state index in [0.717, 1.165) is 13.0 Å². The Labute approximate surface area is 169 Å². The van der Waals surface area contributed by atoms with Gasteiger partial charge >= 0.3 is 0 Å². The number of benzene rings is 2. The Bertz CT molecular complexity index is 982. The van der Waals surface area contributed by atoms with Gasteiger partial charge in [-0.1, -0.05) is 48.5 Å². The minimum atomic E-state index is -0.707. The second kappa shape index (κ2) is 8.31. The van der Waals surface area contributed by atoms with Crippen molar-refractivity contribution in [2.75, 3.05) is 20.2 Å². The van der Waals surface area contributed by atoms with Gasteiger partial charge in [0.25, 0.3) is 5.91 Å². The fourth-order valence-corrected chi connectivity index (χ4v) is 3.67. The number of hydrogen-bond donors (Lipinski definition) is 1. The summed E-state index contributed by atoms with van der Waals surface area (Å²) in [6.07, 6.45) is 3.07. The summed E-state index contributed by atoms with van der Waals surface area (Å²) in [5.41, 5.74) is 3.00. The number of methoxy groups -OCH3 is 1. The number of carbonyl (C=O) groups excluding carboxylic acids is 2.